The number of benzene rings is 1. The molecule has 0 radical (unpaired) electrons. The number of fused-ring (bicyclic) bond motifs is 1. The summed E-state index contributed by atoms with van der Waals surface area (Å²) in [5.41, 5.74) is 0. The molecule has 0 amide bonds. The Morgan fingerprint density at radius 3 is 2.43 bits per heavy atom. The summed E-state index contributed by atoms with van der Waals surface area (Å²) in [6.45, 7) is 0. The van der Waals surface area contributed by atoms with Gasteiger partial charge in [0.1, 0.15) is 16.0 Å². The number of rotatable bonds is 2. The van der Waals surface area contributed by atoms with Crippen LogP contribution in [0.3, 0.4) is 0 Å². The van der Waals surface area contributed by atoms with Crippen molar-refractivity contribution in [1.29, 1.82) is 0 Å². The predicted octanol–water partition coefficient (Wildman–Crippen LogP) is 4.10. The molecule has 0 saturated heterocycles. The normalized spacial score (nSPS) is 9.91. The number of halogens is 2. The molecule has 1 aromatic carbocycles. The number of hydrogen-bond donors (Lipinski definition) is 0. The maximum Gasteiger partial charge on any atom is 0.198 e. The summed E-state index contributed by atoms with van der Waals surface area (Å²) < 4.78 is 12.4. The highest BCUT2D eigenvalue weighted by molar-refractivity contribution is 9.11. The minimum absolute atomic E-state index is 0.659. The third-order valence-corrected chi connectivity index (χ3v) is 4.42. The van der Waals surface area contributed by atoms with Crippen LogP contribution in [0.15, 0.2) is 58.0 Å². The van der Waals surface area contributed by atoms with Crippen LogP contribution >= 0.6 is 31.9 Å². The van der Waals surface area contributed by atoms with Gasteiger partial charge in [0.25, 0.3) is 0 Å². The lowest BCUT2D eigenvalue weighted by atomic mass is 10.2. The Morgan fingerprint density at radius 2 is 1.78 bits per heavy atom. The summed E-state index contributed by atoms with van der Waals surface area (Å²) in [7, 11) is 3.21. The second kappa shape index (κ2) is 8.12. The quantitative estimate of drug-likeness (QED) is 0.443. The molecule has 0 aliphatic heterocycles. The van der Waals surface area contributed by atoms with Gasteiger partial charge in [-0.2, -0.15) is 4.73 Å². The van der Waals surface area contributed by atoms with E-state index in [-0.39, 0.29) is 0 Å². The Labute approximate surface area is 150 Å². The van der Waals surface area contributed by atoms with Gasteiger partial charge in [-0.25, -0.2) is 0 Å². The van der Waals surface area contributed by atoms with E-state index in [4.69, 9.17) is 9.47 Å². The van der Waals surface area contributed by atoms with Gasteiger partial charge in [0, 0.05) is 29.2 Å². The topological polar surface area (TPSA) is 58.3 Å². The van der Waals surface area contributed by atoms with Crippen molar-refractivity contribution < 1.29 is 14.2 Å². The zero-order valence-electron chi connectivity index (χ0n) is 12.5. The fourth-order valence-corrected chi connectivity index (χ4v) is 3.02. The predicted molar refractivity (Wildman–Crippen MR) is 95.6 cm³/mol. The van der Waals surface area contributed by atoms with Gasteiger partial charge in [-0.05, 0) is 50.1 Å². The molecule has 0 fully saturated rings. The van der Waals surface area contributed by atoms with E-state index in [1.54, 1.807) is 26.5 Å². The molecule has 3 rings (SSSR count). The maximum atomic E-state index is 10.6. The molecule has 0 aliphatic rings. The second-order valence-electron chi connectivity index (χ2n) is 4.40. The van der Waals surface area contributed by atoms with Crippen molar-refractivity contribution in [1.82, 2.24) is 4.98 Å². The van der Waals surface area contributed by atoms with Gasteiger partial charge >= 0.3 is 0 Å². The van der Waals surface area contributed by atoms with Crippen LogP contribution in [0.2, 0.25) is 0 Å². The van der Waals surface area contributed by atoms with Gasteiger partial charge < -0.3 is 14.7 Å². The minimum Gasteiger partial charge on any atom is -0.619 e. The summed E-state index contributed by atoms with van der Waals surface area (Å²) in [6, 6.07) is 7.47. The molecule has 0 spiro atoms. The maximum absolute atomic E-state index is 10.6. The largest absolute Gasteiger partial charge is 0.619 e. The van der Waals surface area contributed by atoms with Crippen molar-refractivity contribution in [3.63, 3.8) is 0 Å². The van der Waals surface area contributed by atoms with E-state index in [2.05, 4.69) is 36.8 Å². The average molecular weight is 442 g/mol. The Bertz CT molecular complexity index is 812. The number of nitrogens with zero attached hydrogens (tertiary/aromatic N) is 2. The van der Waals surface area contributed by atoms with Gasteiger partial charge in [-0.1, -0.05) is 0 Å². The summed E-state index contributed by atoms with van der Waals surface area (Å²) in [5.74, 6) is 1.51. The standard InChI is InChI=1S/C10H8BrNO.C6H6BrNO2/c1-13-9-3-2-7-6-12-5-4-8(7)10(9)11;1-10-6-2-3-8(9)4-5(6)7/h2-6H,1H3;2-4H,1H3. The van der Waals surface area contributed by atoms with E-state index < -0.39 is 0 Å². The lowest BCUT2D eigenvalue weighted by Crippen LogP contribution is -2.23. The summed E-state index contributed by atoms with van der Waals surface area (Å²) >= 11 is 6.65. The fourth-order valence-electron chi connectivity index (χ4n) is 1.87. The summed E-state index contributed by atoms with van der Waals surface area (Å²) in [5, 5.41) is 12.8. The van der Waals surface area contributed by atoms with Crippen molar-refractivity contribution in [3.05, 3.63) is 63.2 Å². The van der Waals surface area contributed by atoms with Crippen LogP contribution in [0.1, 0.15) is 0 Å². The molecule has 0 atom stereocenters. The van der Waals surface area contributed by atoms with E-state index in [0.717, 1.165) is 21.0 Å². The van der Waals surface area contributed by atoms with Crippen LogP contribution in [0.4, 0.5) is 0 Å². The molecule has 2 heterocycles. The molecule has 0 unspecified atom stereocenters. The summed E-state index contributed by atoms with van der Waals surface area (Å²) in [6.07, 6.45) is 6.37. The lowest BCUT2D eigenvalue weighted by molar-refractivity contribution is -0.606. The molecule has 2 aromatic heterocycles. The number of hydrogen-bond acceptors (Lipinski definition) is 4. The van der Waals surface area contributed by atoms with Crippen LogP contribution in [0.25, 0.3) is 10.8 Å². The fraction of sp³-hybridized carbons (Fsp3) is 0.125. The molecule has 5 nitrogen and oxygen atoms in total. The van der Waals surface area contributed by atoms with Crippen molar-refractivity contribution >= 4 is 42.6 Å². The van der Waals surface area contributed by atoms with Gasteiger partial charge in [-0.3, -0.25) is 4.98 Å². The molecular weight excluding hydrogens is 428 g/mol. The van der Waals surface area contributed by atoms with Gasteiger partial charge in [-0.15, -0.1) is 0 Å². The van der Waals surface area contributed by atoms with Gasteiger partial charge in [0.05, 0.1) is 18.7 Å². The third kappa shape index (κ3) is 4.33. The first kappa shape index (κ1) is 17.5. The Morgan fingerprint density at radius 1 is 1.04 bits per heavy atom. The van der Waals surface area contributed by atoms with Crippen LogP contribution in [-0.4, -0.2) is 19.2 Å². The number of pyridine rings is 2. The smallest absolute Gasteiger partial charge is 0.198 e. The van der Waals surface area contributed by atoms with Gasteiger partial charge in [0.2, 0.25) is 0 Å². The van der Waals surface area contributed by atoms with Crippen molar-refractivity contribution in [2.24, 2.45) is 0 Å². The molecule has 0 aliphatic carbocycles. The monoisotopic (exact) mass is 440 g/mol. The highest BCUT2D eigenvalue weighted by atomic mass is 79.9. The number of aromatic nitrogens is 2. The first-order valence-electron chi connectivity index (χ1n) is 6.55. The van der Waals surface area contributed by atoms with E-state index in [9.17, 15) is 5.21 Å². The molecule has 7 heteroatoms. The molecule has 0 saturated carbocycles. The molecule has 3 aromatic rings. The zero-order chi connectivity index (χ0) is 16.8. The molecule has 120 valence electrons. The van der Waals surface area contributed by atoms with Gasteiger partial charge in [0.15, 0.2) is 12.4 Å². The number of ether oxygens (including phenoxy) is 2. The highest BCUT2D eigenvalue weighted by Crippen LogP contribution is 2.32. The molecule has 23 heavy (non-hydrogen) atoms. The zero-order valence-corrected chi connectivity index (χ0v) is 15.7. The Hall–Kier alpha value is -1.86. The second-order valence-corrected chi connectivity index (χ2v) is 6.05. The van der Waals surface area contributed by atoms with E-state index in [1.165, 1.54) is 12.4 Å². The lowest BCUT2D eigenvalue weighted by Gasteiger charge is -2.05. The van der Waals surface area contributed by atoms with E-state index in [0.29, 0.717) is 15.0 Å². The third-order valence-electron chi connectivity index (χ3n) is 3.01. The van der Waals surface area contributed by atoms with Crippen LogP contribution in [0.5, 0.6) is 11.5 Å². The van der Waals surface area contributed by atoms with E-state index >= 15 is 0 Å². The highest BCUT2D eigenvalue weighted by Gasteiger charge is 2.04. The van der Waals surface area contributed by atoms with Crippen LogP contribution < -0.4 is 14.2 Å². The molecule has 0 bridgehead atoms. The Kier molecular flexibility index (Phi) is 6.18. The van der Waals surface area contributed by atoms with Crippen LogP contribution in [0, 0.1) is 5.21 Å². The Balaban J connectivity index is 0.000000174. The van der Waals surface area contributed by atoms with Crippen molar-refractivity contribution in [3.8, 4) is 11.5 Å². The first-order valence-corrected chi connectivity index (χ1v) is 8.14. The average Bonchev–Trinajstić information content (AvgIpc) is 2.56. The van der Waals surface area contributed by atoms with Crippen molar-refractivity contribution in [2.45, 2.75) is 0 Å². The SMILES string of the molecule is COc1cc[n+]([O-])cc1Br.COc1ccc2cnccc2c1Br. The molecule has 0 N–H and O–H groups in total. The summed E-state index contributed by atoms with van der Waals surface area (Å²) in [4.78, 5) is 4.05. The van der Waals surface area contributed by atoms with E-state index in [1.807, 2.05) is 24.4 Å². The first-order chi connectivity index (χ1) is 11.1. The molecular formula is C16H14Br2N2O3. The van der Waals surface area contributed by atoms with Crippen LogP contribution in [-0.2, 0) is 0 Å². The number of methoxy groups -OCH3 is 2. The minimum atomic E-state index is 0.659. The van der Waals surface area contributed by atoms with Crippen molar-refractivity contribution in [2.75, 3.05) is 14.2 Å².